The van der Waals surface area contributed by atoms with Crippen molar-refractivity contribution in [2.75, 3.05) is 6.54 Å². The molecule has 0 saturated carbocycles. The highest BCUT2D eigenvalue weighted by Crippen LogP contribution is 2.20. The van der Waals surface area contributed by atoms with Gasteiger partial charge in [-0.05, 0) is 24.1 Å². The third kappa shape index (κ3) is 3.82. The van der Waals surface area contributed by atoms with Crippen molar-refractivity contribution >= 4 is 28.8 Å². The normalized spacial score (nSPS) is 12.1. The van der Waals surface area contributed by atoms with Gasteiger partial charge in [0.25, 0.3) is 5.91 Å². The Morgan fingerprint density at radius 3 is 2.63 bits per heavy atom. The molecule has 1 aromatic carbocycles. The molecule has 19 heavy (non-hydrogen) atoms. The quantitative estimate of drug-likeness (QED) is 0.829. The predicted molar refractivity (Wildman–Crippen MR) is 81.1 cm³/mol. The Bertz CT molecular complexity index is 538. The third-order valence-electron chi connectivity index (χ3n) is 2.84. The van der Waals surface area contributed by atoms with E-state index >= 15 is 0 Å². The summed E-state index contributed by atoms with van der Waals surface area (Å²) in [7, 11) is 0. The van der Waals surface area contributed by atoms with Crippen molar-refractivity contribution < 1.29 is 4.79 Å². The molecule has 100 valence electrons. The zero-order valence-corrected chi connectivity index (χ0v) is 12.3. The van der Waals surface area contributed by atoms with Crippen molar-refractivity contribution in [3.05, 3.63) is 57.8 Å². The summed E-state index contributed by atoms with van der Waals surface area (Å²) in [5, 5.41) is 2.68. The van der Waals surface area contributed by atoms with Crippen LogP contribution in [0.4, 0.5) is 0 Å². The van der Waals surface area contributed by atoms with E-state index in [-0.39, 0.29) is 11.3 Å². The number of rotatable bonds is 5. The van der Waals surface area contributed by atoms with E-state index in [0.29, 0.717) is 6.54 Å². The summed E-state index contributed by atoms with van der Waals surface area (Å²) in [4.78, 5) is 13.9. The van der Waals surface area contributed by atoms with Crippen LogP contribution in [-0.4, -0.2) is 12.5 Å². The van der Waals surface area contributed by atoms with E-state index in [1.165, 1.54) is 16.2 Å². The number of carbonyl (C=O) groups excluding carboxylic acids is 1. The van der Waals surface area contributed by atoms with E-state index in [2.05, 4.69) is 12.2 Å². The molecule has 1 aromatic heterocycles. The number of alkyl halides is 1. The number of amides is 1. The van der Waals surface area contributed by atoms with E-state index in [9.17, 15) is 4.79 Å². The van der Waals surface area contributed by atoms with E-state index in [4.69, 9.17) is 11.6 Å². The Kier molecular flexibility index (Phi) is 5.00. The first kappa shape index (κ1) is 14.1. The Balaban J connectivity index is 1.90. The molecular weight excluding hydrogens is 278 g/mol. The van der Waals surface area contributed by atoms with Crippen LogP contribution < -0.4 is 5.32 Å². The molecule has 1 N–H and O–H groups in total. The van der Waals surface area contributed by atoms with Crippen molar-refractivity contribution in [3.63, 3.8) is 0 Å². The van der Waals surface area contributed by atoms with Gasteiger partial charge >= 0.3 is 0 Å². The smallest absolute Gasteiger partial charge is 0.261 e. The van der Waals surface area contributed by atoms with E-state index in [1.54, 1.807) is 0 Å². The van der Waals surface area contributed by atoms with Crippen LogP contribution in [0.25, 0.3) is 0 Å². The maximum atomic E-state index is 12.0. The van der Waals surface area contributed by atoms with Gasteiger partial charge in [0, 0.05) is 11.4 Å². The summed E-state index contributed by atoms with van der Waals surface area (Å²) in [5.41, 5.74) is 1.02. The lowest BCUT2D eigenvalue weighted by atomic mass is 10.1. The lowest BCUT2D eigenvalue weighted by molar-refractivity contribution is 0.0957. The number of hydrogen-bond acceptors (Lipinski definition) is 2. The van der Waals surface area contributed by atoms with Crippen LogP contribution in [0.3, 0.4) is 0 Å². The van der Waals surface area contributed by atoms with Crippen molar-refractivity contribution in [1.29, 1.82) is 0 Å². The number of carbonyl (C=O) groups is 1. The molecule has 2 rings (SSSR count). The third-order valence-corrected chi connectivity index (χ3v) is 4.47. The SMILES string of the molecule is CCc1ccc(C(=O)NCC(Cl)c2ccccc2)s1. The minimum atomic E-state index is -0.198. The lowest BCUT2D eigenvalue weighted by Crippen LogP contribution is -2.26. The van der Waals surface area contributed by atoms with Gasteiger partial charge < -0.3 is 5.32 Å². The monoisotopic (exact) mass is 293 g/mol. The molecule has 0 saturated heterocycles. The van der Waals surface area contributed by atoms with Crippen LogP contribution >= 0.6 is 22.9 Å². The molecule has 0 aliphatic rings. The molecule has 1 heterocycles. The fourth-order valence-electron chi connectivity index (χ4n) is 1.74. The maximum absolute atomic E-state index is 12.0. The van der Waals surface area contributed by atoms with Crippen LogP contribution in [0.15, 0.2) is 42.5 Å². The highest BCUT2D eigenvalue weighted by molar-refractivity contribution is 7.14. The minimum absolute atomic E-state index is 0.0497. The molecule has 0 spiro atoms. The maximum Gasteiger partial charge on any atom is 0.261 e. The average molecular weight is 294 g/mol. The molecule has 0 aliphatic heterocycles. The van der Waals surface area contributed by atoms with Gasteiger partial charge in [-0.15, -0.1) is 22.9 Å². The van der Waals surface area contributed by atoms with E-state index in [1.807, 2.05) is 42.5 Å². The Labute approximate surface area is 122 Å². The van der Waals surface area contributed by atoms with Gasteiger partial charge in [0.05, 0.1) is 10.3 Å². The largest absolute Gasteiger partial charge is 0.350 e. The summed E-state index contributed by atoms with van der Waals surface area (Å²) < 4.78 is 0. The van der Waals surface area contributed by atoms with Gasteiger partial charge in [0.15, 0.2) is 0 Å². The zero-order valence-electron chi connectivity index (χ0n) is 10.7. The molecule has 1 unspecified atom stereocenters. The number of aryl methyl sites for hydroxylation is 1. The van der Waals surface area contributed by atoms with Gasteiger partial charge in [-0.3, -0.25) is 4.79 Å². The molecule has 1 amide bonds. The van der Waals surface area contributed by atoms with Gasteiger partial charge in [-0.2, -0.15) is 0 Å². The predicted octanol–water partition coefficient (Wildman–Crippen LogP) is 4.02. The van der Waals surface area contributed by atoms with E-state index in [0.717, 1.165) is 16.9 Å². The Hall–Kier alpha value is -1.32. The van der Waals surface area contributed by atoms with Gasteiger partial charge in [-0.1, -0.05) is 37.3 Å². The minimum Gasteiger partial charge on any atom is -0.350 e. The molecule has 0 bridgehead atoms. The zero-order chi connectivity index (χ0) is 13.7. The number of halogens is 1. The fourth-order valence-corrected chi connectivity index (χ4v) is 2.83. The highest BCUT2D eigenvalue weighted by atomic mass is 35.5. The number of thiophene rings is 1. The summed E-state index contributed by atoms with van der Waals surface area (Å²) in [5.74, 6) is -0.0497. The van der Waals surface area contributed by atoms with Crippen LogP contribution in [0, 0.1) is 0 Å². The molecule has 2 nitrogen and oxygen atoms in total. The van der Waals surface area contributed by atoms with Crippen LogP contribution in [0.1, 0.15) is 32.4 Å². The second-order valence-corrected chi connectivity index (χ2v) is 5.90. The number of nitrogens with one attached hydrogen (secondary N) is 1. The van der Waals surface area contributed by atoms with E-state index < -0.39 is 0 Å². The molecule has 2 aromatic rings. The van der Waals surface area contributed by atoms with Crippen molar-refractivity contribution in [1.82, 2.24) is 5.32 Å². The molecule has 4 heteroatoms. The topological polar surface area (TPSA) is 29.1 Å². The Morgan fingerprint density at radius 1 is 1.26 bits per heavy atom. The number of benzene rings is 1. The molecular formula is C15H16ClNOS. The van der Waals surface area contributed by atoms with Crippen LogP contribution in [0.5, 0.6) is 0 Å². The van der Waals surface area contributed by atoms with Crippen molar-refractivity contribution in [2.24, 2.45) is 0 Å². The first-order valence-corrected chi connectivity index (χ1v) is 7.52. The van der Waals surface area contributed by atoms with Gasteiger partial charge in [0.1, 0.15) is 0 Å². The Morgan fingerprint density at radius 2 is 2.00 bits per heavy atom. The van der Waals surface area contributed by atoms with Crippen LogP contribution in [0.2, 0.25) is 0 Å². The average Bonchev–Trinajstić information content (AvgIpc) is 2.94. The summed E-state index contributed by atoms with van der Waals surface area (Å²) in [6.07, 6.45) is 0.958. The van der Waals surface area contributed by atoms with Gasteiger partial charge in [0.2, 0.25) is 0 Å². The fraction of sp³-hybridized carbons (Fsp3) is 0.267. The van der Waals surface area contributed by atoms with Crippen molar-refractivity contribution in [2.45, 2.75) is 18.7 Å². The highest BCUT2D eigenvalue weighted by Gasteiger charge is 2.12. The molecule has 1 atom stereocenters. The van der Waals surface area contributed by atoms with Gasteiger partial charge in [-0.25, -0.2) is 0 Å². The molecule has 0 radical (unpaired) electrons. The second-order valence-electron chi connectivity index (χ2n) is 4.21. The lowest BCUT2D eigenvalue weighted by Gasteiger charge is -2.10. The van der Waals surface area contributed by atoms with Crippen molar-refractivity contribution in [3.8, 4) is 0 Å². The summed E-state index contributed by atoms with van der Waals surface area (Å²) in [6, 6.07) is 13.6. The van der Waals surface area contributed by atoms with Crippen LogP contribution in [-0.2, 0) is 6.42 Å². The summed E-state index contributed by atoms with van der Waals surface area (Å²) >= 11 is 7.79. The number of hydrogen-bond donors (Lipinski definition) is 1. The summed E-state index contributed by atoms with van der Waals surface area (Å²) in [6.45, 7) is 2.52. The first-order valence-electron chi connectivity index (χ1n) is 6.26. The first-order chi connectivity index (χ1) is 9.20. The molecule has 0 aliphatic carbocycles. The standard InChI is InChI=1S/C15H16ClNOS/c1-2-12-8-9-14(19-12)15(18)17-10-13(16)11-6-4-3-5-7-11/h3-9,13H,2,10H2,1H3,(H,17,18). The second kappa shape index (κ2) is 6.73. The molecule has 0 fully saturated rings.